The molecule has 2 rings (SSSR count). The van der Waals surface area contributed by atoms with Gasteiger partial charge < -0.3 is 11.1 Å². The van der Waals surface area contributed by atoms with Crippen LogP contribution in [0.3, 0.4) is 0 Å². The first-order valence-corrected chi connectivity index (χ1v) is 6.12. The Kier molecular flexibility index (Phi) is 4.11. The average Bonchev–Trinajstić information content (AvgIpc) is 2.82. The first-order valence-electron chi connectivity index (χ1n) is 6.12. The Hall–Kier alpha value is -2.11. The van der Waals surface area contributed by atoms with E-state index >= 15 is 0 Å². The van der Waals surface area contributed by atoms with E-state index in [4.69, 9.17) is 5.73 Å². The van der Waals surface area contributed by atoms with Gasteiger partial charge in [0.05, 0.1) is 6.54 Å². The summed E-state index contributed by atoms with van der Waals surface area (Å²) < 4.78 is 1.87. The minimum Gasteiger partial charge on any atom is -0.384 e. The summed E-state index contributed by atoms with van der Waals surface area (Å²) in [6.45, 7) is 3.64. The number of anilines is 2. The van der Waals surface area contributed by atoms with E-state index < -0.39 is 0 Å². The highest BCUT2D eigenvalue weighted by molar-refractivity contribution is 5.44. The van der Waals surface area contributed by atoms with Gasteiger partial charge in [0, 0.05) is 31.4 Å². The predicted molar refractivity (Wildman–Crippen MR) is 71.2 cm³/mol. The van der Waals surface area contributed by atoms with Crippen LogP contribution in [0.5, 0.6) is 0 Å². The lowest BCUT2D eigenvalue weighted by atomic mass is 10.3. The second-order valence-corrected chi connectivity index (χ2v) is 4.04. The molecular weight excluding hydrogens is 228 g/mol. The second kappa shape index (κ2) is 6.00. The molecule has 0 unspecified atom stereocenters. The molecule has 0 saturated carbocycles. The van der Waals surface area contributed by atoms with Crippen molar-refractivity contribution in [3.05, 3.63) is 30.4 Å². The maximum absolute atomic E-state index is 5.75. The number of aromatic nitrogens is 4. The van der Waals surface area contributed by atoms with Crippen LogP contribution in [0.4, 0.5) is 11.6 Å². The molecular formula is C12H18N6. The summed E-state index contributed by atoms with van der Waals surface area (Å²) in [6, 6.07) is 3.66. The maximum Gasteiger partial charge on any atom is 0.133 e. The minimum absolute atomic E-state index is 0.509. The van der Waals surface area contributed by atoms with Gasteiger partial charge in [-0.15, -0.1) is 0 Å². The largest absolute Gasteiger partial charge is 0.384 e. The molecule has 2 heterocycles. The molecule has 0 aromatic carbocycles. The highest BCUT2D eigenvalue weighted by Gasteiger charge is 2.01. The number of nitrogen functional groups attached to an aromatic ring is 1. The van der Waals surface area contributed by atoms with Gasteiger partial charge in [0.2, 0.25) is 0 Å². The third kappa shape index (κ3) is 3.44. The van der Waals surface area contributed by atoms with Crippen LogP contribution in [0.25, 0.3) is 0 Å². The number of hydrogen-bond acceptors (Lipinski definition) is 5. The molecule has 0 fully saturated rings. The SMILES string of the molecule is CCCc1nc(N)cc(NCCn2cccn2)n1. The molecule has 0 aliphatic heterocycles. The van der Waals surface area contributed by atoms with Crippen LogP contribution in [0.2, 0.25) is 0 Å². The Morgan fingerprint density at radius 2 is 2.28 bits per heavy atom. The fourth-order valence-electron chi connectivity index (χ4n) is 1.67. The zero-order valence-electron chi connectivity index (χ0n) is 10.5. The van der Waals surface area contributed by atoms with Gasteiger partial charge in [-0.1, -0.05) is 6.92 Å². The van der Waals surface area contributed by atoms with Gasteiger partial charge in [0.15, 0.2) is 0 Å². The average molecular weight is 246 g/mol. The van der Waals surface area contributed by atoms with E-state index in [1.807, 2.05) is 16.9 Å². The van der Waals surface area contributed by atoms with Gasteiger partial charge in [-0.3, -0.25) is 4.68 Å². The Labute approximate surface area is 106 Å². The standard InChI is InChI=1S/C12H18N6/c1-2-4-11-16-10(13)9-12(17-11)14-6-8-18-7-3-5-15-18/h3,5,7,9H,2,4,6,8H2,1H3,(H3,13,14,16,17). The molecule has 18 heavy (non-hydrogen) atoms. The lowest BCUT2D eigenvalue weighted by Gasteiger charge is -2.08. The number of nitrogens with one attached hydrogen (secondary N) is 1. The lowest BCUT2D eigenvalue weighted by molar-refractivity contribution is 0.636. The zero-order chi connectivity index (χ0) is 12.8. The Morgan fingerprint density at radius 1 is 1.39 bits per heavy atom. The normalized spacial score (nSPS) is 10.5. The van der Waals surface area contributed by atoms with E-state index in [2.05, 4.69) is 27.3 Å². The van der Waals surface area contributed by atoms with Gasteiger partial charge in [0.1, 0.15) is 17.5 Å². The van der Waals surface area contributed by atoms with Crippen molar-refractivity contribution in [2.24, 2.45) is 0 Å². The first kappa shape index (κ1) is 12.3. The van der Waals surface area contributed by atoms with Crippen LogP contribution >= 0.6 is 0 Å². The van der Waals surface area contributed by atoms with Crippen molar-refractivity contribution in [2.45, 2.75) is 26.3 Å². The predicted octanol–water partition coefficient (Wildman–Crippen LogP) is 1.32. The zero-order valence-corrected chi connectivity index (χ0v) is 10.5. The van der Waals surface area contributed by atoms with Crippen LogP contribution < -0.4 is 11.1 Å². The summed E-state index contributed by atoms with van der Waals surface area (Å²) in [5.41, 5.74) is 5.75. The number of nitrogens with zero attached hydrogens (tertiary/aromatic N) is 4. The quantitative estimate of drug-likeness (QED) is 0.803. The first-order chi connectivity index (χ1) is 8.78. The van der Waals surface area contributed by atoms with Crippen molar-refractivity contribution in [1.29, 1.82) is 0 Å². The summed E-state index contributed by atoms with van der Waals surface area (Å²) in [6.07, 6.45) is 5.55. The van der Waals surface area contributed by atoms with Crippen LogP contribution in [0.1, 0.15) is 19.2 Å². The number of nitrogens with two attached hydrogens (primary N) is 1. The Morgan fingerprint density at radius 3 is 3.00 bits per heavy atom. The van der Waals surface area contributed by atoms with Crippen molar-refractivity contribution in [3.8, 4) is 0 Å². The second-order valence-electron chi connectivity index (χ2n) is 4.04. The number of aryl methyl sites for hydroxylation is 1. The molecule has 6 heteroatoms. The molecule has 0 amide bonds. The van der Waals surface area contributed by atoms with Crippen LogP contribution in [-0.2, 0) is 13.0 Å². The van der Waals surface area contributed by atoms with Crippen LogP contribution in [0.15, 0.2) is 24.5 Å². The smallest absolute Gasteiger partial charge is 0.133 e. The van der Waals surface area contributed by atoms with E-state index in [1.165, 1.54) is 0 Å². The monoisotopic (exact) mass is 246 g/mol. The van der Waals surface area contributed by atoms with Gasteiger partial charge >= 0.3 is 0 Å². The molecule has 2 aromatic heterocycles. The van der Waals surface area contributed by atoms with Crippen LogP contribution in [0, 0.1) is 0 Å². The summed E-state index contributed by atoms with van der Waals surface area (Å²) in [5.74, 6) is 2.08. The molecule has 0 saturated heterocycles. The van der Waals surface area contributed by atoms with Crippen molar-refractivity contribution < 1.29 is 0 Å². The van der Waals surface area contributed by atoms with Gasteiger partial charge in [-0.05, 0) is 12.5 Å². The minimum atomic E-state index is 0.509. The van der Waals surface area contributed by atoms with Gasteiger partial charge in [0.25, 0.3) is 0 Å². The molecule has 0 aliphatic carbocycles. The van der Waals surface area contributed by atoms with Crippen molar-refractivity contribution >= 4 is 11.6 Å². The molecule has 2 aromatic rings. The van der Waals surface area contributed by atoms with Crippen molar-refractivity contribution in [3.63, 3.8) is 0 Å². The van der Waals surface area contributed by atoms with E-state index in [0.29, 0.717) is 5.82 Å². The topological polar surface area (TPSA) is 81.6 Å². The fraction of sp³-hybridized carbons (Fsp3) is 0.417. The molecule has 0 radical (unpaired) electrons. The molecule has 0 bridgehead atoms. The van der Waals surface area contributed by atoms with Crippen LogP contribution in [-0.4, -0.2) is 26.3 Å². The van der Waals surface area contributed by atoms with Gasteiger partial charge in [-0.2, -0.15) is 5.10 Å². The number of rotatable bonds is 6. The molecule has 0 atom stereocenters. The molecule has 96 valence electrons. The summed E-state index contributed by atoms with van der Waals surface area (Å²) >= 11 is 0. The maximum atomic E-state index is 5.75. The van der Waals surface area contributed by atoms with E-state index in [0.717, 1.165) is 37.6 Å². The van der Waals surface area contributed by atoms with Gasteiger partial charge in [-0.25, -0.2) is 9.97 Å². The Bertz CT molecular complexity index is 479. The number of hydrogen-bond donors (Lipinski definition) is 2. The Balaban J connectivity index is 1.92. The van der Waals surface area contributed by atoms with E-state index in [9.17, 15) is 0 Å². The summed E-state index contributed by atoms with van der Waals surface area (Å²) in [5, 5.41) is 7.36. The third-order valence-corrected chi connectivity index (χ3v) is 2.47. The highest BCUT2D eigenvalue weighted by Crippen LogP contribution is 2.09. The van der Waals surface area contributed by atoms with Crippen molar-refractivity contribution in [1.82, 2.24) is 19.7 Å². The molecule has 0 aliphatic rings. The van der Waals surface area contributed by atoms with E-state index in [1.54, 1.807) is 12.3 Å². The summed E-state index contributed by atoms with van der Waals surface area (Å²) in [4.78, 5) is 8.60. The lowest BCUT2D eigenvalue weighted by Crippen LogP contribution is -2.13. The summed E-state index contributed by atoms with van der Waals surface area (Å²) in [7, 11) is 0. The molecule has 0 spiro atoms. The molecule has 3 N–H and O–H groups in total. The highest BCUT2D eigenvalue weighted by atomic mass is 15.3. The fourth-order valence-corrected chi connectivity index (χ4v) is 1.67. The van der Waals surface area contributed by atoms with E-state index in [-0.39, 0.29) is 0 Å². The molecule has 6 nitrogen and oxygen atoms in total. The third-order valence-electron chi connectivity index (χ3n) is 2.47. The van der Waals surface area contributed by atoms with Crippen molar-refractivity contribution in [2.75, 3.05) is 17.6 Å².